The second kappa shape index (κ2) is 5.59. The Balaban J connectivity index is 1.95. The van der Waals surface area contributed by atoms with Crippen LogP contribution >= 0.6 is 0 Å². The fraction of sp³-hybridized carbons (Fsp3) is 0.562. The monoisotopic (exact) mass is 301 g/mol. The van der Waals surface area contributed by atoms with Gasteiger partial charge in [0.2, 0.25) is 0 Å². The number of amides is 1. The molecule has 1 saturated heterocycles. The normalized spacial score (nSPS) is 18.7. The van der Waals surface area contributed by atoms with Crippen LogP contribution in [0, 0.1) is 13.8 Å². The summed E-state index contributed by atoms with van der Waals surface area (Å²) in [5, 5.41) is 8.64. The number of aryl methyl sites for hydroxylation is 3. The van der Waals surface area contributed by atoms with Gasteiger partial charge in [0.25, 0.3) is 5.91 Å². The van der Waals surface area contributed by atoms with Crippen LogP contribution in [0.3, 0.4) is 0 Å². The molecule has 3 rings (SSSR count). The minimum Gasteiger partial charge on any atom is -0.331 e. The summed E-state index contributed by atoms with van der Waals surface area (Å²) >= 11 is 0. The zero-order valence-electron chi connectivity index (χ0n) is 13.7. The molecule has 1 amide bonds. The Labute approximate surface area is 130 Å². The number of carbonyl (C=O) groups is 1. The average Bonchev–Trinajstić information content (AvgIpc) is 3.03. The van der Waals surface area contributed by atoms with Crippen LogP contribution in [0.1, 0.15) is 52.6 Å². The van der Waals surface area contributed by atoms with Crippen molar-refractivity contribution in [3.05, 3.63) is 34.9 Å². The van der Waals surface area contributed by atoms with E-state index >= 15 is 0 Å². The zero-order chi connectivity index (χ0) is 15.9. The molecule has 0 aliphatic carbocycles. The van der Waals surface area contributed by atoms with Crippen LogP contribution < -0.4 is 0 Å². The predicted octanol–water partition coefficient (Wildman–Crippen LogP) is 2.14. The summed E-state index contributed by atoms with van der Waals surface area (Å²) in [6, 6.07) is 0.119. The van der Waals surface area contributed by atoms with Crippen molar-refractivity contribution in [3.8, 4) is 0 Å². The van der Waals surface area contributed by atoms with E-state index in [1.165, 1.54) is 0 Å². The van der Waals surface area contributed by atoms with Crippen LogP contribution in [0.4, 0.5) is 0 Å². The summed E-state index contributed by atoms with van der Waals surface area (Å²) in [4.78, 5) is 15.1. The molecule has 0 N–H and O–H groups in total. The number of hydrogen-bond donors (Lipinski definition) is 0. The number of nitrogens with zero attached hydrogens (tertiary/aromatic N) is 5. The second-order valence-corrected chi connectivity index (χ2v) is 6.13. The lowest BCUT2D eigenvalue weighted by molar-refractivity contribution is 0.0610. The summed E-state index contributed by atoms with van der Waals surface area (Å²) in [5.74, 6) is 0.0941. The zero-order valence-corrected chi connectivity index (χ0v) is 13.7. The second-order valence-electron chi connectivity index (χ2n) is 6.13. The smallest absolute Gasteiger partial charge is 0.258 e. The third kappa shape index (κ3) is 2.42. The average molecular weight is 301 g/mol. The van der Waals surface area contributed by atoms with Crippen molar-refractivity contribution < 1.29 is 4.79 Å². The van der Waals surface area contributed by atoms with Crippen LogP contribution in [-0.4, -0.2) is 36.9 Å². The minimum atomic E-state index is 0.0941. The highest BCUT2D eigenvalue weighted by molar-refractivity contribution is 5.96. The van der Waals surface area contributed by atoms with Gasteiger partial charge in [-0.25, -0.2) is 0 Å². The number of carbonyl (C=O) groups excluding carboxylic acids is 1. The molecule has 118 valence electrons. The van der Waals surface area contributed by atoms with E-state index in [1.54, 1.807) is 9.36 Å². The maximum absolute atomic E-state index is 13.1. The molecule has 0 saturated carbocycles. The first kappa shape index (κ1) is 14.8. The van der Waals surface area contributed by atoms with Crippen molar-refractivity contribution in [2.45, 2.75) is 39.2 Å². The highest BCUT2D eigenvalue weighted by atomic mass is 16.2. The molecule has 1 fully saturated rings. The first-order chi connectivity index (χ1) is 10.5. The summed E-state index contributed by atoms with van der Waals surface area (Å²) < 4.78 is 3.58. The Morgan fingerprint density at radius 1 is 1.27 bits per heavy atom. The van der Waals surface area contributed by atoms with Crippen LogP contribution in [0.5, 0.6) is 0 Å². The van der Waals surface area contributed by atoms with Crippen molar-refractivity contribution in [2.75, 3.05) is 6.54 Å². The van der Waals surface area contributed by atoms with Crippen molar-refractivity contribution in [1.29, 1.82) is 0 Å². The van der Waals surface area contributed by atoms with Gasteiger partial charge < -0.3 is 4.90 Å². The molecule has 1 aliphatic heterocycles. The molecule has 6 heteroatoms. The lowest BCUT2D eigenvalue weighted by Crippen LogP contribution is -2.38. The summed E-state index contributed by atoms with van der Waals surface area (Å²) in [5.41, 5.74) is 3.60. The predicted molar refractivity (Wildman–Crippen MR) is 83.5 cm³/mol. The van der Waals surface area contributed by atoms with Gasteiger partial charge in [0.1, 0.15) is 0 Å². The molecular formula is C16H23N5O. The number of rotatable bonds is 2. The molecule has 1 atom stereocenters. The standard InChI is InChI=1S/C16H23N5O/c1-11-15(12(2)20(4)18-11)16(22)21-8-6-5-7-14(21)13-9-17-19(3)10-13/h9-10,14H,5-8H2,1-4H3/t14-/m0/s1. The number of piperidine rings is 1. The molecule has 0 radical (unpaired) electrons. The molecule has 2 aromatic rings. The van der Waals surface area contributed by atoms with Gasteiger partial charge in [-0.15, -0.1) is 0 Å². The largest absolute Gasteiger partial charge is 0.331 e. The van der Waals surface area contributed by atoms with E-state index in [2.05, 4.69) is 10.2 Å². The van der Waals surface area contributed by atoms with Crippen LogP contribution in [0.2, 0.25) is 0 Å². The fourth-order valence-corrected chi connectivity index (χ4v) is 3.36. The third-order valence-electron chi connectivity index (χ3n) is 4.60. The molecule has 1 aliphatic rings. The number of aromatic nitrogens is 4. The van der Waals surface area contributed by atoms with Crippen molar-refractivity contribution in [1.82, 2.24) is 24.5 Å². The van der Waals surface area contributed by atoms with E-state index in [-0.39, 0.29) is 11.9 Å². The Morgan fingerprint density at radius 2 is 2.05 bits per heavy atom. The van der Waals surface area contributed by atoms with Gasteiger partial charge in [-0.3, -0.25) is 14.2 Å². The molecular weight excluding hydrogens is 278 g/mol. The molecule has 6 nitrogen and oxygen atoms in total. The van der Waals surface area contributed by atoms with E-state index in [0.717, 1.165) is 48.3 Å². The molecule has 0 spiro atoms. The van der Waals surface area contributed by atoms with Crippen molar-refractivity contribution in [2.24, 2.45) is 14.1 Å². The summed E-state index contributed by atoms with van der Waals surface area (Å²) in [6.07, 6.45) is 7.09. The van der Waals surface area contributed by atoms with Crippen LogP contribution in [0.25, 0.3) is 0 Å². The Hall–Kier alpha value is -2.11. The summed E-state index contributed by atoms with van der Waals surface area (Å²) in [6.45, 7) is 4.66. The van der Waals surface area contributed by atoms with Crippen molar-refractivity contribution in [3.63, 3.8) is 0 Å². The number of likely N-dealkylation sites (tertiary alicyclic amines) is 1. The van der Waals surface area contributed by atoms with Gasteiger partial charge in [-0.1, -0.05) is 0 Å². The lowest BCUT2D eigenvalue weighted by Gasteiger charge is -2.35. The first-order valence-electron chi connectivity index (χ1n) is 7.78. The van der Waals surface area contributed by atoms with Gasteiger partial charge >= 0.3 is 0 Å². The lowest BCUT2D eigenvalue weighted by atomic mass is 9.96. The highest BCUT2D eigenvalue weighted by Gasteiger charge is 2.32. The third-order valence-corrected chi connectivity index (χ3v) is 4.60. The molecule has 0 unspecified atom stereocenters. The Kier molecular flexibility index (Phi) is 3.76. The van der Waals surface area contributed by atoms with Gasteiger partial charge in [-0.05, 0) is 33.1 Å². The van der Waals surface area contributed by atoms with Crippen LogP contribution in [-0.2, 0) is 14.1 Å². The molecule has 22 heavy (non-hydrogen) atoms. The molecule has 0 aromatic carbocycles. The highest BCUT2D eigenvalue weighted by Crippen LogP contribution is 2.32. The van der Waals surface area contributed by atoms with E-state index in [1.807, 2.05) is 45.2 Å². The number of hydrogen-bond acceptors (Lipinski definition) is 3. The van der Waals surface area contributed by atoms with E-state index in [4.69, 9.17) is 0 Å². The van der Waals surface area contributed by atoms with Crippen molar-refractivity contribution >= 4 is 5.91 Å². The first-order valence-corrected chi connectivity index (χ1v) is 7.78. The van der Waals surface area contributed by atoms with Gasteiger partial charge in [0.15, 0.2) is 0 Å². The van der Waals surface area contributed by atoms with Crippen LogP contribution in [0.15, 0.2) is 12.4 Å². The molecule has 2 aromatic heterocycles. The quantitative estimate of drug-likeness (QED) is 0.854. The van der Waals surface area contributed by atoms with Gasteiger partial charge in [0.05, 0.1) is 23.5 Å². The Bertz CT molecular complexity index is 699. The fourth-order valence-electron chi connectivity index (χ4n) is 3.36. The maximum atomic E-state index is 13.1. The molecule has 3 heterocycles. The van der Waals surface area contributed by atoms with E-state index in [9.17, 15) is 4.79 Å². The topological polar surface area (TPSA) is 56.0 Å². The summed E-state index contributed by atoms with van der Waals surface area (Å²) in [7, 11) is 3.79. The van der Waals surface area contributed by atoms with E-state index in [0.29, 0.717) is 0 Å². The Morgan fingerprint density at radius 3 is 2.64 bits per heavy atom. The molecule has 0 bridgehead atoms. The maximum Gasteiger partial charge on any atom is 0.258 e. The SMILES string of the molecule is Cc1nn(C)c(C)c1C(=O)N1CCCC[C@H]1c1cnn(C)c1. The van der Waals surface area contributed by atoms with Gasteiger partial charge in [-0.2, -0.15) is 10.2 Å². The van der Waals surface area contributed by atoms with E-state index < -0.39 is 0 Å². The van der Waals surface area contributed by atoms with Gasteiger partial charge in [0, 0.05) is 38.1 Å². The minimum absolute atomic E-state index is 0.0941.